The van der Waals surface area contributed by atoms with Crippen LogP contribution >= 0.6 is 0 Å². The average Bonchev–Trinajstić information content (AvgIpc) is 2.52. The normalized spacial score (nSPS) is 25.0. The summed E-state index contributed by atoms with van der Waals surface area (Å²) in [6, 6.07) is 0.0881. The standard InChI is InChI=1S/C12H20FNO3/c1-5-16-11(15)10(13)7-6-9-8-17-12(2,3)14(9)4/h7,9H,5-6,8H2,1-4H3/b10-7-/t9-/m0/s1. The minimum Gasteiger partial charge on any atom is -0.461 e. The maximum absolute atomic E-state index is 13.3. The van der Waals surface area contributed by atoms with Gasteiger partial charge in [-0.25, -0.2) is 4.79 Å². The van der Waals surface area contributed by atoms with Gasteiger partial charge in [-0.3, -0.25) is 4.90 Å². The van der Waals surface area contributed by atoms with Crippen molar-refractivity contribution in [3.63, 3.8) is 0 Å². The summed E-state index contributed by atoms with van der Waals surface area (Å²) in [5.74, 6) is -1.72. The lowest BCUT2D eigenvalue weighted by Gasteiger charge is -2.29. The number of halogens is 1. The van der Waals surface area contributed by atoms with Crippen LogP contribution in [0.25, 0.3) is 0 Å². The summed E-state index contributed by atoms with van der Waals surface area (Å²) in [5.41, 5.74) is -0.334. The molecule has 98 valence electrons. The van der Waals surface area contributed by atoms with E-state index >= 15 is 0 Å². The zero-order valence-corrected chi connectivity index (χ0v) is 10.8. The van der Waals surface area contributed by atoms with E-state index in [2.05, 4.69) is 4.74 Å². The Hall–Kier alpha value is -0.940. The Morgan fingerprint density at radius 1 is 1.65 bits per heavy atom. The number of ether oxygens (including phenoxy) is 2. The van der Waals surface area contributed by atoms with Crippen molar-refractivity contribution in [3.05, 3.63) is 11.9 Å². The number of esters is 1. The number of carbonyl (C=O) groups excluding carboxylic acids is 1. The molecule has 0 radical (unpaired) electrons. The molecule has 1 saturated heterocycles. The fourth-order valence-corrected chi connectivity index (χ4v) is 1.70. The molecule has 0 bridgehead atoms. The van der Waals surface area contributed by atoms with E-state index in [0.717, 1.165) is 0 Å². The molecule has 0 aromatic heterocycles. The van der Waals surface area contributed by atoms with Crippen LogP contribution in [0.5, 0.6) is 0 Å². The van der Waals surface area contributed by atoms with Gasteiger partial charge in [0, 0.05) is 6.04 Å². The SMILES string of the molecule is CCOC(=O)/C(F)=C/C[C@H]1COC(C)(C)N1C. The van der Waals surface area contributed by atoms with E-state index < -0.39 is 11.8 Å². The Morgan fingerprint density at radius 2 is 2.29 bits per heavy atom. The maximum atomic E-state index is 13.3. The second kappa shape index (κ2) is 5.60. The molecule has 1 aliphatic heterocycles. The van der Waals surface area contributed by atoms with Gasteiger partial charge in [0.15, 0.2) is 0 Å². The van der Waals surface area contributed by atoms with Crippen LogP contribution in [0.3, 0.4) is 0 Å². The third kappa shape index (κ3) is 3.51. The summed E-state index contributed by atoms with van der Waals surface area (Å²) in [6.07, 6.45) is 1.70. The van der Waals surface area contributed by atoms with Crippen LogP contribution in [0.4, 0.5) is 4.39 Å². The van der Waals surface area contributed by atoms with Crippen molar-refractivity contribution < 1.29 is 18.7 Å². The van der Waals surface area contributed by atoms with Crippen LogP contribution in [0, 0.1) is 0 Å². The van der Waals surface area contributed by atoms with E-state index in [9.17, 15) is 9.18 Å². The van der Waals surface area contributed by atoms with Crippen molar-refractivity contribution in [1.82, 2.24) is 4.90 Å². The highest BCUT2D eigenvalue weighted by molar-refractivity contribution is 5.85. The number of nitrogens with zero attached hydrogens (tertiary/aromatic N) is 1. The Kier molecular flexibility index (Phi) is 4.65. The Bertz CT molecular complexity index is 315. The molecule has 1 aliphatic rings. The molecule has 0 aromatic carbocycles. The van der Waals surface area contributed by atoms with Gasteiger partial charge in [0.25, 0.3) is 0 Å². The lowest BCUT2D eigenvalue weighted by atomic mass is 10.1. The molecular weight excluding hydrogens is 225 g/mol. The molecule has 5 heteroatoms. The summed E-state index contributed by atoms with van der Waals surface area (Å²) in [5, 5.41) is 0. The minimum atomic E-state index is -0.895. The highest BCUT2D eigenvalue weighted by Crippen LogP contribution is 2.27. The predicted molar refractivity (Wildman–Crippen MR) is 62.0 cm³/mol. The van der Waals surface area contributed by atoms with Crippen LogP contribution in [0.1, 0.15) is 27.2 Å². The van der Waals surface area contributed by atoms with Crippen molar-refractivity contribution >= 4 is 5.97 Å². The second-order valence-corrected chi connectivity index (χ2v) is 4.53. The molecule has 0 unspecified atom stereocenters. The minimum absolute atomic E-state index is 0.0881. The van der Waals surface area contributed by atoms with Crippen LogP contribution in [0.15, 0.2) is 11.9 Å². The zero-order valence-electron chi connectivity index (χ0n) is 10.8. The van der Waals surface area contributed by atoms with E-state index in [-0.39, 0.29) is 18.4 Å². The van der Waals surface area contributed by atoms with E-state index in [0.29, 0.717) is 13.0 Å². The first kappa shape index (κ1) is 14.1. The molecule has 4 nitrogen and oxygen atoms in total. The van der Waals surface area contributed by atoms with Crippen LogP contribution < -0.4 is 0 Å². The predicted octanol–water partition coefficient (Wildman–Crippen LogP) is 1.86. The summed E-state index contributed by atoms with van der Waals surface area (Å²) in [7, 11) is 1.92. The van der Waals surface area contributed by atoms with Gasteiger partial charge in [0.1, 0.15) is 5.72 Å². The summed E-state index contributed by atoms with van der Waals surface area (Å²) >= 11 is 0. The molecule has 0 spiro atoms. The van der Waals surface area contributed by atoms with Gasteiger partial charge >= 0.3 is 5.97 Å². The molecule has 0 N–H and O–H groups in total. The van der Waals surface area contributed by atoms with Crippen LogP contribution in [-0.2, 0) is 14.3 Å². The summed E-state index contributed by atoms with van der Waals surface area (Å²) in [6.45, 7) is 6.28. The summed E-state index contributed by atoms with van der Waals surface area (Å²) < 4.78 is 23.4. The van der Waals surface area contributed by atoms with Gasteiger partial charge in [-0.1, -0.05) is 0 Å². The van der Waals surface area contributed by atoms with E-state index in [4.69, 9.17) is 4.74 Å². The smallest absolute Gasteiger partial charge is 0.366 e. The maximum Gasteiger partial charge on any atom is 0.366 e. The first-order chi connectivity index (χ1) is 7.88. The van der Waals surface area contributed by atoms with Crippen molar-refractivity contribution in [2.24, 2.45) is 0 Å². The highest BCUT2D eigenvalue weighted by Gasteiger charge is 2.37. The Morgan fingerprint density at radius 3 is 2.76 bits per heavy atom. The number of hydrogen-bond donors (Lipinski definition) is 0. The second-order valence-electron chi connectivity index (χ2n) is 4.53. The molecule has 0 aliphatic carbocycles. The lowest BCUT2D eigenvalue weighted by molar-refractivity contribution is -0.140. The van der Waals surface area contributed by atoms with Gasteiger partial charge in [-0.05, 0) is 40.3 Å². The van der Waals surface area contributed by atoms with Crippen molar-refractivity contribution in [2.75, 3.05) is 20.3 Å². The zero-order chi connectivity index (χ0) is 13.1. The van der Waals surface area contributed by atoms with Crippen molar-refractivity contribution in [1.29, 1.82) is 0 Å². The van der Waals surface area contributed by atoms with Gasteiger partial charge < -0.3 is 9.47 Å². The molecule has 1 fully saturated rings. The van der Waals surface area contributed by atoms with Crippen molar-refractivity contribution in [2.45, 2.75) is 39.0 Å². The van der Waals surface area contributed by atoms with E-state index in [1.165, 1.54) is 6.08 Å². The largest absolute Gasteiger partial charge is 0.461 e. The molecule has 1 rings (SSSR count). The number of likely N-dealkylation sites (N-methyl/N-ethyl adjacent to an activating group) is 1. The molecule has 17 heavy (non-hydrogen) atoms. The third-order valence-corrected chi connectivity index (χ3v) is 3.07. The molecule has 1 atom stereocenters. The molecule has 1 heterocycles. The first-order valence-corrected chi connectivity index (χ1v) is 5.78. The topological polar surface area (TPSA) is 38.8 Å². The number of rotatable bonds is 4. The number of hydrogen-bond acceptors (Lipinski definition) is 4. The first-order valence-electron chi connectivity index (χ1n) is 5.78. The lowest BCUT2D eigenvalue weighted by Crippen LogP contribution is -2.40. The van der Waals surface area contributed by atoms with Gasteiger partial charge in [0.2, 0.25) is 5.83 Å². The average molecular weight is 245 g/mol. The monoisotopic (exact) mass is 245 g/mol. The van der Waals surface area contributed by atoms with Crippen LogP contribution in [0.2, 0.25) is 0 Å². The van der Waals surface area contributed by atoms with Gasteiger partial charge in [-0.15, -0.1) is 0 Å². The number of carbonyl (C=O) groups is 1. The van der Waals surface area contributed by atoms with Crippen LogP contribution in [-0.4, -0.2) is 42.9 Å². The fraction of sp³-hybridized carbons (Fsp3) is 0.750. The van der Waals surface area contributed by atoms with Gasteiger partial charge in [-0.2, -0.15) is 4.39 Å². The fourth-order valence-electron chi connectivity index (χ4n) is 1.70. The molecule has 0 aromatic rings. The Balaban J connectivity index is 2.51. The van der Waals surface area contributed by atoms with Gasteiger partial charge in [0.05, 0.1) is 13.2 Å². The van der Waals surface area contributed by atoms with E-state index in [1.54, 1.807) is 6.92 Å². The molecule has 0 saturated carbocycles. The Labute approximate surface area is 101 Å². The highest BCUT2D eigenvalue weighted by atomic mass is 19.1. The third-order valence-electron chi connectivity index (χ3n) is 3.07. The molecular formula is C12H20FNO3. The van der Waals surface area contributed by atoms with E-state index in [1.807, 2.05) is 25.8 Å². The quantitative estimate of drug-likeness (QED) is 0.560. The van der Waals surface area contributed by atoms with Crippen molar-refractivity contribution in [3.8, 4) is 0 Å². The summed E-state index contributed by atoms with van der Waals surface area (Å²) in [4.78, 5) is 13.1. The molecule has 0 amide bonds.